The number of benzene rings is 1. The topological polar surface area (TPSA) is 0 Å². The van der Waals surface area contributed by atoms with Gasteiger partial charge < -0.3 is 0 Å². The molecule has 0 nitrogen and oxygen atoms in total. The van der Waals surface area contributed by atoms with Gasteiger partial charge in [-0.25, -0.2) is 0 Å². The largest absolute Gasteiger partial charge is 0.0842 e. The number of hydrogen-bond acceptors (Lipinski definition) is 0. The fourth-order valence-electron chi connectivity index (χ4n) is 1.90. The van der Waals surface area contributed by atoms with Crippen molar-refractivity contribution in [3.05, 3.63) is 46.5 Å². The van der Waals surface area contributed by atoms with E-state index in [1.807, 2.05) is 0 Å². The van der Waals surface area contributed by atoms with Crippen LogP contribution in [0, 0.1) is 34.3 Å². The highest BCUT2D eigenvalue weighted by atomic mass is 14.1. The summed E-state index contributed by atoms with van der Waals surface area (Å²) in [4.78, 5) is 0. The predicted molar refractivity (Wildman–Crippen MR) is 62.6 cm³/mol. The van der Waals surface area contributed by atoms with Crippen molar-refractivity contribution in [1.82, 2.24) is 0 Å². The van der Waals surface area contributed by atoms with E-state index in [0.29, 0.717) is 0 Å². The van der Waals surface area contributed by atoms with Crippen LogP contribution in [-0.2, 0) is 6.42 Å². The van der Waals surface area contributed by atoms with Crippen LogP contribution in [0.2, 0.25) is 0 Å². The van der Waals surface area contributed by atoms with Crippen molar-refractivity contribution in [3.63, 3.8) is 0 Å². The molecule has 0 spiro atoms. The molecule has 0 unspecified atom stereocenters. The van der Waals surface area contributed by atoms with Crippen molar-refractivity contribution in [3.8, 4) is 0 Å². The van der Waals surface area contributed by atoms with Gasteiger partial charge in [-0.1, -0.05) is 18.7 Å². The highest BCUT2D eigenvalue weighted by molar-refractivity contribution is 5.44. The molecule has 1 rings (SSSR count). The molecule has 1 aromatic rings. The molecule has 0 bridgehead atoms. The van der Waals surface area contributed by atoms with Gasteiger partial charge in [-0.15, -0.1) is 0 Å². The summed E-state index contributed by atoms with van der Waals surface area (Å²) in [5, 5.41) is 0. The molecule has 0 aliphatic heterocycles. The molecule has 0 atom stereocenters. The van der Waals surface area contributed by atoms with Gasteiger partial charge in [0.05, 0.1) is 0 Å². The average Bonchev–Trinajstić information content (AvgIpc) is 2.15. The first-order valence-corrected chi connectivity index (χ1v) is 5.17. The van der Waals surface area contributed by atoms with E-state index in [1.54, 1.807) is 6.08 Å². The van der Waals surface area contributed by atoms with E-state index < -0.39 is 0 Å². The van der Waals surface area contributed by atoms with Gasteiger partial charge >= 0.3 is 0 Å². The van der Waals surface area contributed by atoms with Crippen LogP contribution in [0.5, 0.6) is 0 Å². The van der Waals surface area contributed by atoms with Crippen molar-refractivity contribution in [2.24, 2.45) is 0 Å². The molecule has 0 amide bonds. The summed E-state index contributed by atoms with van der Waals surface area (Å²) in [6.45, 7) is 14.2. The Labute approximate surface area is 87.7 Å². The van der Waals surface area contributed by atoms with Crippen LogP contribution in [0.1, 0.15) is 34.2 Å². The quantitative estimate of drug-likeness (QED) is 0.674. The molecule has 0 saturated heterocycles. The van der Waals surface area contributed by atoms with Crippen molar-refractivity contribution < 1.29 is 0 Å². The SMILES string of the molecule is [CH]=CCCc1c(C)c(C)cc(C)c1C. The van der Waals surface area contributed by atoms with E-state index in [2.05, 4.69) is 33.8 Å². The Balaban J connectivity index is 3.17. The molecular weight excluding hydrogens is 168 g/mol. The summed E-state index contributed by atoms with van der Waals surface area (Å²) in [5.74, 6) is 0. The monoisotopic (exact) mass is 187 g/mol. The first-order valence-electron chi connectivity index (χ1n) is 5.17. The van der Waals surface area contributed by atoms with Gasteiger partial charge in [0, 0.05) is 0 Å². The zero-order valence-corrected chi connectivity index (χ0v) is 9.65. The van der Waals surface area contributed by atoms with Gasteiger partial charge in [0.1, 0.15) is 0 Å². The standard InChI is InChI=1S/C14H19/c1-6-7-8-14-12(4)10(2)9-11(3)13(14)5/h1,6,9H,7-8H2,2-5H3. The van der Waals surface area contributed by atoms with Crippen molar-refractivity contribution in [2.45, 2.75) is 40.5 Å². The van der Waals surface area contributed by atoms with E-state index in [-0.39, 0.29) is 0 Å². The Hall–Kier alpha value is -1.04. The summed E-state index contributed by atoms with van der Waals surface area (Å²) in [5.41, 5.74) is 7.11. The summed E-state index contributed by atoms with van der Waals surface area (Å²) < 4.78 is 0. The van der Waals surface area contributed by atoms with Gasteiger partial charge in [0.15, 0.2) is 0 Å². The first kappa shape index (κ1) is 11.0. The fourth-order valence-corrected chi connectivity index (χ4v) is 1.90. The lowest BCUT2D eigenvalue weighted by Gasteiger charge is -2.14. The fraction of sp³-hybridized carbons (Fsp3) is 0.429. The molecule has 0 aromatic heterocycles. The molecule has 0 aliphatic carbocycles. The average molecular weight is 187 g/mol. The summed E-state index contributed by atoms with van der Waals surface area (Å²) in [6.07, 6.45) is 3.78. The third-order valence-corrected chi connectivity index (χ3v) is 3.08. The van der Waals surface area contributed by atoms with Crippen molar-refractivity contribution in [2.75, 3.05) is 0 Å². The zero-order valence-electron chi connectivity index (χ0n) is 9.65. The maximum atomic E-state index is 5.43. The van der Waals surface area contributed by atoms with Crippen molar-refractivity contribution in [1.29, 1.82) is 0 Å². The molecule has 0 heterocycles. The van der Waals surface area contributed by atoms with Gasteiger partial charge in [-0.05, 0) is 68.4 Å². The lowest BCUT2D eigenvalue weighted by molar-refractivity contribution is 0.961. The molecule has 1 aromatic carbocycles. The number of rotatable bonds is 3. The molecule has 0 fully saturated rings. The second kappa shape index (κ2) is 4.45. The first-order chi connectivity index (χ1) is 6.57. The number of aryl methyl sites for hydroxylation is 2. The van der Waals surface area contributed by atoms with Crippen LogP contribution >= 0.6 is 0 Å². The number of hydrogen-bond donors (Lipinski definition) is 0. The minimum Gasteiger partial charge on any atom is -0.0842 e. The molecule has 0 saturated carbocycles. The minimum absolute atomic E-state index is 0.963. The van der Waals surface area contributed by atoms with Crippen LogP contribution in [0.15, 0.2) is 12.1 Å². The summed E-state index contributed by atoms with van der Waals surface area (Å²) in [6, 6.07) is 2.26. The number of allylic oxidation sites excluding steroid dienone is 1. The third kappa shape index (κ3) is 2.06. The Morgan fingerprint density at radius 3 is 2.00 bits per heavy atom. The molecule has 0 heteroatoms. The maximum Gasteiger partial charge on any atom is -0.0239 e. The molecule has 1 radical (unpaired) electrons. The van der Waals surface area contributed by atoms with Gasteiger partial charge in [0.25, 0.3) is 0 Å². The zero-order chi connectivity index (χ0) is 10.7. The van der Waals surface area contributed by atoms with E-state index in [9.17, 15) is 0 Å². The predicted octanol–water partition coefficient (Wildman–Crippen LogP) is 3.84. The molecule has 75 valence electrons. The van der Waals surface area contributed by atoms with Crippen LogP contribution in [0.3, 0.4) is 0 Å². The Morgan fingerprint density at radius 2 is 1.57 bits per heavy atom. The third-order valence-electron chi connectivity index (χ3n) is 3.08. The maximum absolute atomic E-state index is 5.43. The normalized spacial score (nSPS) is 10.3. The molecular formula is C14H19. The van der Waals surface area contributed by atoms with E-state index in [4.69, 9.17) is 6.58 Å². The van der Waals surface area contributed by atoms with E-state index in [1.165, 1.54) is 27.8 Å². The van der Waals surface area contributed by atoms with Crippen LogP contribution in [-0.4, -0.2) is 0 Å². The van der Waals surface area contributed by atoms with Crippen molar-refractivity contribution >= 4 is 0 Å². The van der Waals surface area contributed by atoms with Crippen LogP contribution in [0.25, 0.3) is 0 Å². The highest BCUT2D eigenvalue weighted by Gasteiger charge is 2.06. The summed E-state index contributed by atoms with van der Waals surface area (Å²) in [7, 11) is 0. The van der Waals surface area contributed by atoms with Crippen LogP contribution < -0.4 is 0 Å². The highest BCUT2D eigenvalue weighted by Crippen LogP contribution is 2.22. The van der Waals surface area contributed by atoms with Crippen LogP contribution in [0.4, 0.5) is 0 Å². The Kier molecular flexibility index (Phi) is 3.51. The Morgan fingerprint density at radius 1 is 1.07 bits per heavy atom. The summed E-state index contributed by atoms with van der Waals surface area (Å²) >= 11 is 0. The Bertz CT molecular complexity index is 319. The smallest absolute Gasteiger partial charge is 0.0239 e. The molecule has 14 heavy (non-hydrogen) atoms. The lowest BCUT2D eigenvalue weighted by Crippen LogP contribution is -1.98. The minimum atomic E-state index is 0.963. The van der Waals surface area contributed by atoms with Gasteiger partial charge in [-0.2, -0.15) is 0 Å². The second-order valence-electron chi connectivity index (χ2n) is 4.01. The molecule has 0 N–H and O–H groups in total. The van der Waals surface area contributed by atoms with Gasteiger partial charge in [-0.3, -0.25) is 0 Å². The molecule has 0 aliphatic rings. The lowest BCUT2D eigenvalue weighted by atomic mass is 9.91. The van der Waals surface area contributed by atoms with E-state index >= 15 is 0 Å². The van der Waals surface area contributed by atoms with E-state index in [0.717, 1.165) is 12.8 Å². The van der Waals surface area contributed by atoms with Gasteiger partial charge in [0.2, 0.25) is 0 Å². The second-order valence-corrected chi connectivity index (χ2v) is 4.01.